The third kappa shape index (κ3) is 4.50. The van der Waals surface area contributed by atoms with Crippen molar-refractivity contribution in [2.75, 3.05) is 0 Å². The molecular formula is C15H11N5O8S. The Hall–Kier alpha value is -3.91. The molecule has 3 aromatic rings. The Morgan fingerprint density at radius 3 is 2.34 bits per heavy atom. The van der Waals surface area contributed by atoms with Crippen LogP contribution in [0.15, 0.2) is 51.9 Å². The van der Waals surface area contributed by atoms with Crippen molar-refractivity contribution in [3.05, 3.63) is 68.6 Å². The van der Waals surface area contributed by atoms with Gasteiger partial charge in [0, 0.05) is 23.8 Å². The standard InChI is InChI=1S/C15H11N5O8S/c16-29(25,26)11-5-6-13(12(7-11)20(23)24)27-8-14-17-15(18-28-14)9-1-3-10(4-2-9)19(21)22/h1-7H,8H2,(H2,16,25,26). The fourth-order valence-corrected chi connectivity index (χ4v) is 2.77. The van der Waals surface area contributed by atoms with E-state index in [1.54, 1.807) is 0 Å². The minimum atomic E-state index is -4.12. The first-order valence-electron chi connectivity index (χ1n) is 7.66. The molecular weight excluding hydrogens is 410 g/mol. The summed E-state index contributed by atoms with van der Waals surface area (Å²) in [6.45, 7) is -0.338. The van der Waals surface area contributed by atoms with Crippen molar-refractivity contribution in [2.45, 2.75) is 11.5 Å². The molecule has 29 heavy (non-hydrogen) atoms. The van der Waals surface area contributed by atoms with E-state index >= 15 is 0 Å². The Morgan fingerprint density at radius 1 is 1.07 bits per heavy atom. The molecule has 0 aliphatic heterocycles. The molecule has 3 rings (SSSR count). The zero-order chi connectivity index (χ0) is 21.2. The Kier molecular flexibility index (Phi) is 5.20. The Balaban J connectivity index is 1.77. The highest BCUT2D eigenvalue weighted by molar-refractivity contribution is 7.89. The largest absolute Gasteiger partial charge is 0.477 e. The van der Waals surface area contributed by atoms with Gasteiger partial charge >= 0.3 is 5.69 Å². The lowest BCUT2D eigenvalue weighted by molar-refractivity contribution is -0.386. The second kappa shape index (κ2) is 7.61. The summed E-state index contributed by atoms with van der Waals surface area (Å²) in [6.07, 6.45) is 0. The Morgan fingerprint density at radius 2 is 1.76 bits per heavy atom. The third-order valence-electron chi connectivity index (χ3n) is 3.61. The number of sulfonamides is 1. The summed E-state index contributed by atoms with van der Waals surface area (Å²) in [5, 5.41) is 30.5. The molecule has 0 amide bonds. The first kappa shape index (κ1) is 19.8. The topological polar surface area (TPSA) is 195 Å². The summed E-state index contributed by atoms with van der Waals surface area (Å²) < 4.78 is 33.0. The van der Waals surface area contributed by atoms with Gasteiger partial charge in [0.25, 0.3) is 11.6 Å². The van der Waals surface area contributed by atoms with Crippen molar-refractivity contribution < 1.29 is 27.5 Å². The zero-order valence-electron chi connectivity index (χ0n) is 14.3. The van der Waals surface area contributed by atoms with Crippen LogP contribution in [0.3, 0.4) is 0 Å². The molecule has 1 heterocycles. The maximum atomic E-state index is 11.3. The molecule has 0 radical (unpaired) electrons. The third-order valence-corrected chi connectivity index (χ3v) is 4.52. The fourth-order valence-electron chi connectivity index (χ4n) is 2.24. The highest BCUT2D eigenvalue weighted by Gasteiger charge is 2.21. The normalized spacial score (nSPS) is 11.2. The van der Waals surface area contributed by atoms with Crippen molar-refractivity contribution >= 4 is 21.4 Å². The highest BCUT2D eigenvalue weighted by atomic mass is 32.2. The van der Waals surface area contributed by atoms with Gasteiger partial charge < -0.3 is 9.26 Å². The van der Waals surface area contributed by atoms with Gasteiger partial charge in [-0.25, -0.2) is 13.6 Å². The molecule has 1 aromatic heterocycles. The number of aromatic nitrogens is 2. The summed E-state index contributed by atoms with van der Waals surface area (Å²) in [5.74, 6) is -0.113. The van der Waals surface area contributed by atoms with Gasteiger partial charge in [-0.2, -0.15) is 4.98 Å². The molecule has 0 bridgehead atoms. The van der Waals surface area contributed by atoms with Crippen molar-refractivity contribution in [3.8, 4) is 17.1 Å². The number of non-ortho nitro benzene ring substituents is 1. The molecule has 0 atom stereocenters. The lowest BCUT2D eigenvalue weighted by Crippen LogP contribution is -2.12. The van der Waals surface area contributed by atoms with Gasteiger partial charge in [-0.3, -0.25) is 20.2 Å². The molecule has 0 saturated heterocycles. The van der Waals surface area contributed by atoms with E-state index in [1.807, 2.05) is 0 Å². The molecule has 150 valence electrons. The van der Waals surface area contributed by atoms with E-state index in [2.05, 4.69) is 10.1 Å². The molecule has 0 aliphatic carbocycles. The summed E-state index contributed by atoms with van der Waals surface area (Å²) in [4.78, 5) is 24.1. The number of nitrogens with two attached hydrogens (primary N) is 1. The maximum Gasteiger partial charge on any atom is 0.312 e. The van der Waals surface area contributed by atoms with Gasteiger partial charge in [-0.05, 0) is 24.3 Å². The predicted molar refractivity (Wildman–Crippen MR) is 95.2 cm³/mol. The smallest absolute Gasteiger partial charge is 0.312 e. The average Bonchev–Trinajstić information content (AvgIpc) is 3.14. The number of hydrogen-bond donors (Lipinski definition) is 1. The summed E-state index contributed by atoms with van der Waals surface area (Å²) >= 11 is 0. The average molecular weight is 421 g/mol. The number of nitro groups is 2. The quantitative estimate of drug-likeness (QED) is 0.433. The van der Waals surface area contributed by atoms with Crippen molar-refractivity contribution in [1.82, 2.24) is 10.1 Å². The zero-order valence-corrected chi connectivity index (χ0v) is 15.1. The summed E-state index contributed by atoms with van der Waals surface area (Å²) in [6, 6.07) is 8.35. The monoisotopic (exact) mass is 421 g/mol. The van der Waals surface area contributed by atoms with E-state index in [0.717, 1.165) is 18.2 Å². The molecule has 0 aliphatic rings. The van der Waals surface area contributed by atoms with Crippen molar-refractivity contribution in [2.24, 2.45) is 5.14 Å². The van der Waals surface area contributed by atoms with Crippen LogP contribution in [-0.2, 0) is 16.6 Å². The SMILES string of the molecule is NS(=O)(=O)c1ccc(OCc2nc(-c3ccc([N+](=O)[O-])cc3)no2)c([N+](=O)[O-])c1. The molecule has 0 spiro atoms. The molecule has 0 saturated carbocycles. The van der Waals surface area contributed by atoms with Crippen LogP contribution in [-0.4, -0.2) is 28.4 Å². The van der Waals surface area contributed by atoms with Crippen molar-refractivity contribution in [3.63, 3.8) is 0 Å². The minimum absolute atomic E-state index is 0.0248. The predicted octanol–water partition coefficient (Wildman–Crippen LogP) is 1.78. The van der Waals surface area contributed by atoms with Gasteiger partial charge in [0.05, 0.1) is 14.7 Å². The number of primary sulfonamides is 1. The minimum Gasteiger partial charge on any atom is -0.477 e. The highest BCUT2D eigenvalue weighted by Crippen LogP contribution is 2.30. The van der Waals surface area contributed by atoms with E-state index in [9.17, 15) is 28.6 Å². The van der Waals surface area contributed by atoms with E-state index in [0.29, 0.717) is 5.56 Å². The number of rotatable bonds is 7. The van der Waals surface area contributed by atoms with Crippen LogP contribution in [0.1, 0.15) is 5.89 Å². The second-order valence-electron chi connectivity index (χ2n) is 5.54. The van der Waals surface area contributed by atoms with Gasteiger partial charge in [-0.1, -0.05) is 5.16 Å². The molecule has 14 heteroatoms. The Labute approximate surface area is 162 Å². The van der Waals surface area contributed by atoms with E-state index in [-0.39, 0.29) is 29.8 Å². The number of ether oxygens (including phenoxy) is 1. The van der Waals surface area contributed by atoms with Gasteiger partial charge in [0.15, 0.2) is 12.4 Å². The van der Waals surface area contributed by atoms with Crippen LogP contribution in [0.5, 0.6) is 5.75 Å². The van der Waals surface area contributed by atoms with Crippen LogP contribution >= 0.6 is 0 Å². The van der Waals surface area contributed by atoms with E-state index in [1.165, 1.54) is 24.3 Å². The van der Waals surface area contributed by atoms with Crippen LogP contribution in [0.4, 0.5) is 11.4 Å². The number of hydrogen-bond acceptors (Lipinski definition) is 10. The fraction of sp³-hybridized carbons (Fsp3) is 0.0667. The maximum absolute atomic E-state index is 11.3. The lowest BCUT2D eigenvalue weighted by atomic mass is 10.2. The Bertz CT molecular complexity index is 1190. The molecule has 0 unspecified atom stereocenters. The number of benzene rings is 2. The lowest BCUT2D eigenvalue weighted by Gasteiger charge is -2.05. The van der Waals surface area contributed by atoms with Crippen LogP contribution in [0.25, 0.3) is 11.4 Å². The molecule has 0 fully saturated rings. The second-order valence-corrected chi connectivity index (χ2v) is 7.10. The molecule has 2 aromatic carbocycles. The summed E-state index contributed by atoms with van der Waals surface area (Å²) in [5.41, 5.74) is -0.253. The summed E-state index contributed by atoms with van der Waals surface area (Å²) in [7, 11) is -4.12. The van der Waals surface area contributed by atoms with Gasteiger partial charge in [-0.15, -0.1) is 0 Å². The first-order chi connectivity index (χ1) is 13.6. The van der Waals surface area contributed by atoms with Crippen molar-refractivity contribution in [1.29, 1.82) is 0 Å². The molecule has 2 N–H and O–H groups in total. The van der Waals surface area contributed by atoms with E-state index in [4.69, 9.17) is 14.4 Å². The number of nitrogens with zero attached hydrogens (tertiary/aromatic N) is 4. The molecule has 13 nitrogen and oxygen atoms in total. The van der Waals surface area contributed by atoms with Gasteiger partial charge in [0.2, 0.25) is 15.8 Å². The van der Waals surface area contributed by atoms with Crippen LogP contribution in [0, 0.1) is 20.2 Å². The van der Waals surface area contributed by atoms with Crippen LogP contribution < -0.4 is 9.88 Å². The van der Waals surface area contributed by atoms with Crippen LogP contribution in [0.2, 0.25) is 0 Å². The van der Waals surface area contributed by atoms with Gasteiger partial charge in [0.1, 0.15) is 0 Å². The number of nitro benzene ring substituents is 2. The van der Waals surface area contributed by atoms with E-state index < -0.39 is 30.5 Å². The first-order valence-corrected chi connectivity index (χ1v) is 9.21.